The first-order chi connectivity index (χ1) is 13.3. The number of ether oxygens (including phenoxy) is 1. The summed E-state index contributed by atoms with van der Waals surface area (Å²) in [6.07, 6.45) is 4.93. The second-order valence-electron chi connectivity index (χ2n) is 5.51. The topological polar surface area (TPSA) is 106 Å². The highest BCUT2D eigenvalue weighted by atomic mass is 32.1. The molecule has 27 heavy (non-hydrogen) atoms. The molecule has 4 rings (SSSR count). The van der Waals surface area contributed by atoms with Crippen LogP contribution in [0.1, 0.15) is 5.69 Å². The molecule has 0 bridgehead atoms. The largest absolute Gasteiger partial charge is 0.457 e. The highest BCUT2D eigenvalue weighted by molar-refractivity contribution is 7.13. The number of carbonyl (C=O) groups excluding carboxylic acids is 1. The highest BCUT2D eigenvalue weighted by Gasteiger charge is 2.11. The van der Waals surface area contributed by atoms with Gasteiger partial charge in [0.1, 0.15) is 17.8 Å². The molecule has 0 fully saturated rings. The smallest absolute Gasteiger partial charge is 0.230 e. The fourth-order valence-electron chi connectivity index (χ4n) is 2.32. The first-order valence-corrected chi connectivity index (χ1v) is 8.92. The van der Waals surface area contributed by atoms with Crippen molar-refractivity contribution in [2.45, 2.75) is 6.42 Å². The molecule has 0 aliphatic carbocycles. The van der Waals surface area contributed by atoms with Gasteiger partial charge in [-0.05, 0) is 36.4 Å². The van der Waals surface area contributed by atoms with Gasteiger partial charge in [-0.25, -0.2) is 9.97 Å². The second kappa shape index (κ2) is 7.75. The van der Waals surface area contributed by atoms with Gasteiger partial charge in [0.2, 0.25) is 5.91 Å². The molecule has 1 amide bonds. The predicted octanol–water partition coefficient (Wildman–Crippen LogP) is 3.30. The Labute approximate surface area is 158 Å². The molecule has 0 spiro atoms. The van der Waals surface area contributed by atoms with Crippen LogP contribution >= 0.6 is 11.3 Å². The van der Waals surface area contributed by atoms with Crippen LogP contribution in [0.2, 0.25) is 0 Å². The molecule has 0 aliphatic rings. The molecule has 3 aromatic heterocycles. The van der Waals surface area contributed by atoms with Gasteiger partial charge in [-0.1, -0.05) is 0 Å². The first-order valence-electron chi connectivity index (χ1n) is 8.04. The lowest BCUT2D eigenvalue weighted by Gasteiger charge is -2.07. The normalized spacial score (nSPS) is 10.5. The van der Waals surface area contributed by atoms with E-state index in [1.807, 2.05) is 5.38 Å². The molecular weight excluding hydrogens is 364 g/mol. The third-order valence-electron chi connectivity index (χ3n) is 3.53. The number of carbonyl (C=O) groups is 1. The van der Waals surface area contributed by atoms with Crippen LogP contribution < -0.4 is 10.1 Å². The summed E-state index contributed by atoms with van der Waals surface area (Å²) >= 11 is 1.41. The van der Waals surface area contributed by atoms with Gasteiger partial charge >= 0.3 is 0 Å². The Morgan fingerprint density at radius 1 is 1.11 bits per heavy atom. The van der Waals surface area contributed by atoms with E-state index in [1.54, 1.807) is 48.8 Å². The SMILES string of the molecule is O=C(Cc1csc(-c2ncn[nH]2)n1)Nc1ccc(Oc2ccncc2)cc1. The van der Waals surface area contributed by atoms with Gasteiger partial charge in [-0.15, -0.1) is 11.3 Å². The van der Waals surface area contributed by atoms with Crippen LogP contribution in [0.15, 0.2) is 60.5 Å². The number of nitrogens with one attached hydrogen (secondary N) is 2. The van der Waals surface area contributed by atoms with Gasteiger partial charge in [0.15, 0.2) is 10.8 Å². The van der Waals surface area contributed by atoms with Crippen molar-refractivity contribution in [3.8, 4) is 22.3 Å². The number of hydrogen-bond donors (Lipinski definition) is 2. The number of anilines is 1. The molecule has 0 atom stereocenters. The van der Waals surface area contributed by atoms with Crippen LogP contribution in [0.4, 0.5) is 5.69 Å². The van der Waals surface area contributed by atoms with Crippen LogP contribution in [0.25, 0.3) is 10.8 Å². The summed E-state index contributed by atoms with van der Waals surface area (Å²) in [5.74, 6) is 1.83. The molecule has 0 saturated heterocycles. The number of aromatic nitrogens is 5. The number of H-pyrrole nitrogens is 1. The molecule has 134 valence electrons. The molecule has 4 aromatic rings. The average molecular weight is 378 g/mol. The van der Waals surface area contributed by atoms with Crippen molar-refractivity contribution in [2.24, 2.45) is 0 Å². The average Bonchev–Trinajstić information content (AvgIpc) is 3.36. The second-order valence-corrected chi connectivity index (χ2v) is 6.37. The summed E-state index contributed by atoms with van der Waals surface area (Å²) < 4.78 is 5.70. The molecule has 0 saturated carbocycles. The highest BCUT2D eigenvalue weighted by Crippen LogP contribution is 2.23. The number of amides is 1. The number of benzene rings is 1. The Bertz CT molecular complexity index is 1020. The fourth-order valence-corrected chi connectivity index (χ4v) is 3.09. The Kier molecular flexibility index (Phi) is 4.84. The lowest BCUT2D eigenvalue weighted by molar-refractivity contribution is -0.115. The van der Waals surface area contributed by atoms with Gasteiger partial charge < -0.3 is 10.1 Å². The summed E-state index contributed by atoms with van der Waals surface area (Å²) in [7, 11) is 0. The quantitative estimate of drug-likeness (QED) is 0.533. The van der Waals surface area contributed by atoms with Gasteiger partial charge in [0.25, 0.3) is 0 Å². The number of thiazole rings is 1. The van der Waals surface area contributed by atoms with E-state index in [0.717, 1.165) is 0 Å². The Morgan fingerprint density at radius 3 is 2.63 bits per heavy atom. The third-order valence-corrected chi connectivity index (χ3v) is 4.43. The third kappa shape index (κ3) is 4.33. The maximum absolute atomic E-state index is 12.2. The minimum absolute atomic E-state index is 0.146. The standard InChI is InChI=1S/C18H14N6O2S/c25-16(9-13-10-27-18(23-13)17-20-11-21-24-17)22-12-1-3-14(4-2-12)26-15-5-7-19-8-6-15/h1-8,10-11H,9H2,(H,22,25)(H,20,21,24). The summed E-state index contributed by atoms with van der Waals surface area (Å²) in [4.78, 5) is 24.6. The number of hydrogen-bond acceptors (Lipinski definition) is 7. The van der Waals surface area contributed by atoms with Gasteiger partial charge in [-0.2, -0.15) is 5.10 Å². The van der Waals surface area contributed by atoms with Gasteiger partial charge in [-0.3, -0.25) is 14.9 Å². The predicted molar refractivity (Wildman–Crippen MR) is 101 cm³/mol. The lowest BCUT2D eigenvalue weighted by Crippen LogP contribution is -2.14. The number of nitrogens with zero attached hydrogens (tertiary/aromatic N) is 4. The molecule has 9 heteroatoms. The van der Waals surface area contributed by atoms with Gasteiger partial charge in [0, 0.05) is 23.5 Å². The van der Waals surface area contributed by atoms with Crippen LogP contribution in [-0.4, -0.2) is 31.1 Å². The van der Waals surface area contributed by atoms with Crippen LogP contribution in [0.5, 0.6) is 11.5 Å². The van der Waals surface area contributed by atoms with E-state index in [-0.39, 0.29) is 12.3 Å². The number of aromatic amines is 1. The molecule has 0 aliphatic heterocycles. The molecule has 0 radical (unpaired) electrons. The molecule has 0 unspecified atom stereocenters. The van der Waals surface area contributed by atoms with Crippen molar-refractivity contribution in [3.05, 3.63) is 66.2 Å². The summed E-state index contributed by atoms with van der Waals surface area (Å²) in [6.45, 7) is 0. The van der Waals surface area contributed by atoms with Crippen molar-refractivity contribution in [3.63, 3.8) is 0 Å². The minimum atomic E-state index is -0.146. The van der Waals surface area contributed by atoms with E-state index in [0.29, 0.717) is 33.7 Å². The lowest BCUT2D eigenvalue weighted by atomic mass is 10.2. The summed E-state index contributed by atoms with van der Waals surface area (Å²) in [5, 5.41) is 11.9. The summed E-state index contributed by atoms with van der Waals surface area (Å²) in [5.41, 5.74) is 1.37. The molecule has 3 heterocycles. The van der Waals surface area contributed by atoms with Crippen molar-refractivity contribution in [2.75, 3.05) is 5.32 Å². The molecule has 1 aromatic carbocycles. The van der Waals surface area contributed by atoms with Crippen molar-refractivity contribution in [1.29, 1.82) is 0 Å². The maximum atomic E-state index is 12.2. The van der Waals surface area contributed by atoms with E-state index in [9.17, 15) is 4.79 Å². The number of pyridine rings is 1. The van der Waals surface area contributed by atoms with E-state index >= 15 is 0 Å². The van der Waals surface area contributed by atoms with E-state index in [2.05, 4.69) is 30.5 Å². The zero-order valence-electron chi connectivity index (χ0n) is 14.0. The van der Waals surface area contributed by atoms with E-state index < -0.39 is 0 Å². The van der Waals surface area contributed by atoms with Crippen molar-refractivity contribution >= 4 is 22.9 Å². The van der Waals surface area contributed by atoms with Crippen molar-refractivity contribution in [1.82, 2.24) is 25.1 Å². The van der Waals surface area contributed by atoms with Crippen LogP contribution in [0, 0.1) is 0 Å². The Balaban J connectivity index is 1.34. The number of rotatable bonds is 6. The monoisotopic (exact) mass is 378 g/mol. The maximum Gasteiger partial charge on any atom is 0.230 e. The van der Waals surface area contributed by atoms with Crippen molar-refractivity contribution < 1.29 is 9.53 Å². The Morgan fingerprint density at radius 2 is 1.89 bits per heavy atom. The fraction of sp³-hybridized carbons (Fsp3) is 0.0556. The minimum Gasteiger partial charge on any atom is -0.457 e. The zero-order chi connectivity index (χ0) is 18.5. The first kappa shape index (κ1) is 16.9. The zero-order valence-corrected chi connectivity index (χ0v) is 14.8. The Hall–Kier alpha value is -3.59. The molecule has 2 N–H and O–H groups in total. The van der Waals surface area contributed by atoms with Crippen LogP contribution in [-0.2, 0) is 11.2 Å². The molecular formula is C18H14N6O2S. The summed E-state index contributed by atoms with van der Waals surface area (Å²) in [6, 6.07) is 10.7. The molecule has 8 nitrogen and oxygen atoms in total. The van der Waals surface area contributed by atoms with E-state index in [4.69, 9.17) is 4.74 Å². The van der Waals surface area contributed by atoms with Crippen LogP contribution in [0.3, 0.4) is 0 Å². The van der Waals surface area contributed by atoms with Gasteiger partial charge in [0.05, 0.1) is 12.1 Å². The van der Waals surface area contributed by atoms with E-state index in [1.165, 1.54) is 17.7 Å².